The second-order valence-corrected chi connectivity index (χ2v) is 20.6. The maximum Gasteiger partial charge on any atom is 0.354 e. The highest BCUT2D eigenvalue weighted by molar-refractivity contribution is 7.95. The fourth-order valence-electron chi connectivity index (χ4n) is 4.71. The molecule has 198 valence electrons. The first kappa shape index (κ1) is 27.4. The molecule has 1 aromatic carbocycles. The second-order valence-electron chi connectivity index (χ2n) is 12.1. The van der Waals surface area contributed by atoms with Gasteiger partial charge in [0.15, 0.2) is 19.9 Å². The molecule has 2 aromatic rings. The number of rotatable bonds is 5. The molecule has 10 heteroatoms. The molecular weight excluding hydrogens is 514 g/mol. The van der Waals surface area contributed by atoms with Gasteiger partial charge in [-0.1, -0.05) is 33.9 Å². The highest BCUT2D eigenvalue weighted by Crippen LogP contribution is 2.43. The van der Waals surface area contributed by atoms with Crippen LogP contribution in [0.2, 0.25) is 18.1 Å². The van der Waals surface area contributed by atoms with Crippen LogP contribution in [-0.4, -0.2) is 23.6 Å². The average Bonchev–Trinajstić information content (AvgIpc) is 3.31. The van der Waals surface area contributed by atoms with Crippen LogP contribution in [0.3, 0.4) is 0 Å². The summed E-state index contributed by atoms with van der Waals surface area (Å²) in [5.74, 6) is -0.731. The van der Waals surface area contributed by atoms with Crippen LogP contribution in [0.25, 0.3) is 0 Å². The van der Waals surface area contributed by atoms with Gasteiger partial charge < -0.3 is 10.4 Å². The van der Waals surface area contributed by atoms with Gasteiger partial charge in [0.25, 0.3) is 0 Å². The minimum Gasteiger partial charge on any atom is -0.385 e. The predicted molar refractivity (Wildman–Crippen MR) is 148 cm³/mol. The normalized spacial score (nSPS) is 17.2. The third-order valence-electron chi connectivity index (χ3n) is 7.94. The van der Waals surface area contributed by atoms with Crippen LogP contribution in [0.5, 0.6) is 0 Å². The quantitative estimate of drug-likeness (QED) is 0.367. The van der Waals surface area contributed by atoms with E-state index < -0.39 is 35.6 Å². The van der Waals surface area contributed by atoms with E-state index in [-0.39, 0.29) is 9.25 Å². The molecular formula is C26H38FN3O3S2Si. The molecule has 0 radical (unpaired) electrons. The first-order valence-corrected chi connectivity index (χ1v) is 17.8. The van der Waals surface area contributed by atoms with Crippen LogP contribution in [0.4, 0.5) is 14.9 Å². The Balaban J connectivity index is 1.81. The van der Waals surface area contributed by atoms with Gasteiger partial charge in [-0.25, -0.2) is 17.8 Å². The molecule has 2 aliphatic carbocycles. The molecule has 2 aliphatic rings. The number of nitrogens with zero attached hydrogens (tertiary/aromatic N) is 1. The molecule has 4 rings (SSSR count). The molecule has 0 bridgehead atoms. The summed E-state index contributed by atoms with van der Waals surface area (Å²) in [5.41, 5.74) is 5.74. The van der Waals surface area contributed by atoms with Crippen molar-refractivity contribution in [2.75, 3.05) is 5.32 Å². The Labute approximate surface area is 219 Å². The Morgan fingerprint density at radius 1 is 1.08 bits per heavy atom. The second kappa shape index (κ2) is 9.01. The van der Waals surface area contributed by atoms with Crippen LogP contribution in [-0.2, 0) is 41.2 Å². The molecule has 0 saturated carbocycles. The number of carbonyl (C=O) groups is 1. The standard InChI is InChI=1S/C26H38FN3O3S2Si/c1-15-16-10-9-11-18(16)22(19-13-12-17(15)19)28-24(31)29-35(33,30-36(7,8)25(2,3)4)23-20(27)14-21(34-23)26(5,6)32/h14,32H,9-13H2,1-8H3,(H2,28,29,30,31,33). The monoisotopic (exact) mass is 551 g/mol. The van der Waals surface area contributed by atoms with E-state index in [1.54, 1.807) is 13.8 Å². The van der Waals surface area contributed by atoms with Crippen LogP contribution >= 0.6 is 11.3 Å². The van der Waals surface area contributed by atoms with E-state index in [0.29, 0.717) is 4.88 Å². The Morgan fingerprint density at radius 3 is 2.17 bits per heavy atom. The van der Waals surface area contributed by atoms with Crippen molar-refractivity contribution in [3.8, 4) is 0 Å². The van der Waals surface area contributed by atoms with E-state index in [1.165, 1.54) is 22.8 Å². The lowest BCUT2D eigenvalue weighted by atomic mass is 9.79. The Bertz CT molecular complexity index is 1360. The molecule has 1 heterocycles. The minimum absolute atomic E-state index is 0.151. The first-order chi connectivity index (χ1) is 16.4. The van der Waals surface area contributed by atoms with Crippen LogP contribution in [0.1, 0.15) is 73.7 Å². The van der Waals surface area contributed by atoms with Crippen molar-refractivity contribution in [3.63, 3.8) is 0 Å². The maximum absolute atomic E-state index is 15.2. The van der Waals surface area contributed by atoms with Gasteiger partial charge >= 0.3 is 6.03 Å². The summed E-state index contributed by atoms with van der Waals surface area (Å²) in [7, 11) is -6.16. The number of aliphatic hydroxyl groups is 1. The number of urea groups is 1. The summed E-state index contributed by atoms with van der Waals surface area (Å²) in [6.07, 6.45) is 4.83. The van der Waals surface area contributed by atoms with Gasteiger partial charge in [-0.2, -0.15) is 0 Å². The largest absolute Gasteiger partial charge is 0.385 e. The van der Waals surface area contributed by atoms with Gasteiger partial charge in [0.2, 0.25) is 0 Å². The summed E-state index contributed by atoms with van der Waals surface area (Å²) in [6, 6.07) is 0.451. The van der Waals surface area contributed by atoms with E-state index in [0.717, 1.165) is 60.3 Å². The molecule has 0 spiro atoms. The summed E-state index contributed by atoms with van der Waals surface area (Å²) in [5, 5.41) is 13.2. The number of amides is 2. The minimum atomic E-state index is -3.67. The summed E-state index contributed by atoms with van der Waals surface area (Å²) < 4.78 is 36.9. The number of benzene rings is 1. The number of fused-ring (bicyclic) bond motifs is 2. The van der Waals surface area contributed by atoms with Gasteiger partial charge in [-0.05, 0) is 91.8 Å². The average molecular weight is 552 g/mol. The topological polar surface area (TPSA) is 90.8 Å². The zero-order valence-corrected chi connectivity index (χ0v) is 25.2. The van der Waals surface area contributed by atoms with Gasteiger partial charge in [0, 0.05) is 10.6 Å². The zero-order chi connectivity index (χ0) is 26.8. The SMILES string of the molecule is Cc1c2c(c(NC(=O)N=S(=O)(N[Si](C)(C)C(C)(C)C)c3sc(C(C)(C)O)cc3F)c3c1CC3)CCC2. The predicted octanol–water partition coefficient (Wildman–Crippen LogP) is 6.58. The van der Waals surface area contributed by atoms with Crippen molar-refractivity contribution in [3.05, 3.63) is 44.6 Å². The number of nitrogens with one attached hydrogen (secondary N) is 2. The van der Waals surface area contributed by atoms with Crippen molar-refractivity contribution in [1.82, 2.24) is 4.39 Å². The third-order valence-corrected chi connectivity index (χ3v) is 18.1. The third kappa shape index (κ3) is 4.82. The first-order valence-electron chi connectivity index (χ1n) is 12.5. The number of thiophene rings is 1. The zero-order valence-electron chi connectivity index (χ0n) is 22.5. The Kier molecular flexibility index (Phi) is 6.87. The van der Waals surface area contributed by atoms with Crippen LogP contribution in [0.15, 0.2) is 14.6 Å². The van der Waals surface area contributed by atoms with E-state index >= 15 is 4.39 Å². The lowest BCUT2D eigenvalue weighted by Crippen LogP contribution is -2.54. The molecule has 0 fully saturated rings. The van der Waals surface area contributed by atoms with Crippen LogP contribution < -0.4 is 9.70 Å². The lowest BCUT2D eigenvalue weighted by Gasteiger charge is -2.37. The number of hydrogen-bond donors (Lipinski definition) is 3. The van der Waals surface area contributed by atoms with Crippen molar-refractivity contribution >= 4 is 41.2 Å². The molecule has 3 N–H and O–H groups in total. The van der Waals surface area contributed by atoms with E-state index in [4.69, 9.17) is 0 Å². The molecule has 6 nitrogen and oxygen atoms in total. The number of anilines is 1. The van der Waals surface area contributed by atoms with Crippen molar-refractivity contribution in [1.29, 1.82) is 0 Å². The maximum atomic E-state index is 15.2. The highest BCUT2D eigenvalue weighted by atomic mass is 32.2. The summed E-state index contributed by atoms with van der Waals surface area (Å²) in [6.45, 7) is 15.4. The fraction of sp³-hybridized carbons (Fsp3) is 0.577. The van der Waals surface area contributed by atoms with Gasteiger partial charge in [-0.3, -0.25) is 0 Å². The summed E-state index contributed by atoms with van der Waals surface area (Å²) >= 11 is 0.897. The van der Waals surface area contributed by atoms with E-state index in [1.807, 2.05) is 33.9 Å². The molecule has 36 heavy (non-hydrogen) atoms. The van der Waals surface area contributed by atoms with Gasteiger partial charge in [0.1, 0.15) is 8.24 Å². The summed E-state index contributed by atoms with van der Waals surface area (Å²) in [4.78, 5) is 13.7. The number of halogens is 1. The Hall–Kier alpha value is -1.59. The van der Waals surface area contributed by atoms with E-state index in [9.17, 15) is 14.1 Å². The van der Waals surface area contributed by atoms with Crippen molar-refractivity contribution < 1.29 is 18.5 Å². The van der Waals surface area contributed by atoms with Crippen LogP contribution in [0, 0.1) is 12.7 Å². The van der Waals surface area contributed by atoms with Gasteiger partial charge in [0.05, 0.1) is 5.60 Å². The smallest absolute Gasteiger partial charge is 0.354 e. The molecule has 0 saturated heterocycles. The Morgan fingerprint density at radius 2 is 1.64 bits per heavy atom. The van der Waals surface area contributed by atoms with Gasteiger partial charge in [-0.15, -0.1) is 15.7 Å². The molecule has 1 atom stereocenters. The van der Waals surface area contributed by atoms with Crippen molar-refractivity contribution in [2.24, 2.45) is 4.36 Å². The highest BCUT2D eigenvalue weighted by Gasteiger charge is 2.41. The number of hydrogen-bond acceptors (Lipinski definition) is 4. The number of carbonyl (C=O) groups excluding carboxylic acids is 1. The molecule has 1 unspecified atom stereocenters. The van der Waals surface area contributed by atoms with E-state index in [2.05, 4.69) is 21.0 Å². The molecule has 2 amide bonds. The fourth-order valence-corrected chi connectivity index (χ4v) is 11.9. The lowest BCUT2D eigenvalue weighted by molar-refractivity contribution is 0.0823. The van der Waals surface area contributed by atoms with Crippen molar-refractivity contribution in [2.45, 2.75) is 102 Å². The molecule has 1 aromatic heterocycles. The molecule has 0 aliphatic heterocycles.